The molecule has 1 aromatic heterocycles. The zero-order valence-corrected chi connectivity index (χ0v) is 15.9. The molecule has 0 atom stereocenters. The second kappa shape index (κ2) is 7.68. The molecule has 0 unspecified atom stereocenters. The highest BCUT2D eigenvalue weighted by atomic mass is 32.1. The Bertz CT molecular complexity index is 962. The summed E-state index contributed by atoms with van der Waals surface area (Å²) in [4.78, 5) is 9.17. The van der Waals surface area contributed by atoms with Gasteiger partial charge in [-0.2, -0.15) is 5.26 Å². The average Bonchev–Trinajstić information content (AvgIpc) is 3.16. The number of fused-ring (bicyclic) bond motifs is 1. The van der Waals surface area contributed by atoms with Gasteiger partial charge in [-0.1, -0.05) is 12.1 Å². The molecule has 3 aromatic rings. The number of nitriles is 1. The number of nitrogens with zero attached hydrogens (tertiary/aromatic N) is 4. The molecule has 6 heteroatoms. The lowest BCUT2D eigenvalue weighted by Crippen LogP contribution is -2.44. The summed E-state index contributed by atoms with van der Waals surface area (Å²) >= 11 is 1.57. The van der Waals surface area contributed by atoms with Crippen molar-refractivity contribution >= 4 is 32.8 Å². The number of para-hydroxylation sites is 1. The largest absolute Gasteiger partial charge is 0.497 e. The molecule has 1 aliphatic heterocycles. The van der Waals surface area contributed by atoms with Crippen LogP contribution in [0.1, 0.15) is 5.01 Å². The Morgan fingerprint density at radius 1 is 1.11 bits per heavy atom. The van der Waals surface area contributed by atoms with Crippen LogP contribution >= 0.6 is 11.3 Å². The van der Waals surface area contributed by atoms with Gasteiger partial charge >= 0.3 is 0 Å². The van der Waals surface area contributed by atoms with E-state index in [-0.39, 0.29) is 0 Å². The van der Waals surface area contributed by atoms with Gasteiger partial charge < -0.3 is 14.5 Å². The van der Waals surface area contributed by atoms with Crippen molar-refractivity contribution in [3.8, 4) is 11.8 Å². The van der Waals surface area contributed by atoms with Crippen LogP contribution in [0.25, 0.3) is 15.8 Å². The first-order valence-corrected chi connectivity index (χ1v) is 9.69. The van der Waals surface area contributed by atoms with E-state index < -0.39 is 0 Å². The summed E-state index contributed by atoms with van der Waals surface area (Å²) in [5.74, 6) is 0.870. The van der Waals surface area contributed by atoms with Crippen LogP contribution in [-0.4, -0.2) is 43.2 Å². The lowest BCUT2D eigenvalue weighted by Gasteiger charge is -2.35. The van der Waals surface area contributed by atoms with Crippen LogP contribution in [0.4, 0.5) is 5.69 Å². The summed E-state index contributed by atoms with van der Waals surface area (Å²) in [7, 11) is 1.68. The summed E-state index contributed by atoms with van der Waals surface area (Å²) in [6.07, 6.45) is 1.96. The Morgan fingerprint density at radius 2 is 1.85 bits per heavy atom. The van der Waals surface area contributed by atoms with Gasteiger partial charge in [0.25, 0.3) is 0 Å². The standard InChI is InChI=1S/C21H20N4OS/c1-26-18-8-6-17(7-9-18)25-12-10-24(11-13-25)15-16(14-22)21-23-19-4-2-3-5-20(19)27-21/h2-9,15H,10-13H2,1H3. The van der Waals surface area contributed by atoms with Crippen LogP contribution in [0.5, 0.6) is 5.75 Å². The van der Waals surface area contributed by atoms with Crippen molar-refractivity contribution in [2.45, 2.75) is 0 Å². The van der Waals surface area contributed by atoms with E-state index in [1.165, 1.54) is 5.69 Å². The molecule has 1 aliphatic rings. The SMILES string of the molecule is COc1ccc(N2CCN(C=C(C#N)c3nc4ccccc4s3)CC2)cc1. The summed E-state index contributed by atoms with van der Waals surface area (Å²) in [6, 6.07) is 18.5. The third kappa shape index (κ3) is 3.74. The second-order valence-corrected chi connectivity index (χ2v) is 7.39. The number of piperazine rings is 1. The number of aromatic nitrogens is 1. The molecule has 1 saturated heterocycles. The van der Waals surface area contributed by atoms with Crippen LogP contribution in [-0.2, 0) is 0 Å². The Balaban J connectivity index is 1.45. The molecule has 5 nitrogen and oxygen atoms in total. The van der Waals surface area contributed by atoms with Gasteiger partial charge in [0.2, 0.25) is 0 Å². The fraction of sp³-hybridized carbons (Fsp3) is 0.238. The van der Waals surface area contributed by atoms with Gasteiger partial charge in [-0.3, -0.25) is 0 Å². The normalized spacial score (nSPS) is 15.0. The van der Waals surface area contributed by atoms with E-state index in [1.54, 1.807) is 18.4 Å². The zero-order valence-electron chi connectivity index (χ0n) is 15.1. The Labute approximate surface area is 162 Å². The number of hydrogen-bond acceptors (Lipinski definition) is 6. The summed E-state index contributed by atoms with van der Waals surface area (Å²) in [6.45, 7) is 3.59. The highest BCUT2D eigenvalue weighted by Crippen LogP contribution is 2.27. The highest BCUT2D eigenvalue weighted by molar-refractivity contribution is 7.19. The molecule has 0 spiro atoms. The summed E-state index contributed by atoms with van der Waals surface area (Å²) in [5.41, 5.74) is 2.78. The van der Waals surface area contributed by atoms with Gasteiger partial charge in [0, 0.05) is 38.1 Å². The van der Waals surface area contributed by atoms with Crippen LogP contribution in [0.15, 0.2) is 54.7 Å². The van der Waals surface area contributed by atoms with Crippen molar-refractivity contribution < 1.29 is 4.74 Å². The van der Waals surface area contributed by atoms with Gasteiger partial charge in [-0.25, -0.2) is 4.98 Å². The Hall–Kier alpha value is -3.04. The second-order valence-electron chi connectivity index (χ2n) is 6.36. The van der Waals surface area contributed by atoms with E-state index in [9.17, 15) is 5.26 Å². The van der Waals surface area contributed by atoms with Crippen molar-refractivity contribution in [1.82, 2.24) is 9.88 Å². The van der Waals surface area contributed by atoms with Crippen LogP contribution in [0.3, 0.4) is 0 Å². The van der Waals surface area contributed by atoms with E-state index in [0.29, 0.717) is 5.57 Å². The molecule has 1 fully saturated rings. The van der Waals surface area contributed by atoms with Gasteiger partial charge in [0.05, 0.1) is 17.3 Å². The molecule has 27 heavy (non-hydrogen) atoms. The van der Waals surface area contributed by atoms with E-state index in [1.807, 2.05) is 42.6 Å². The summed E-state index contributed by atoms with van der Waals surface area (Å²) < 4.78 is 6.33. The number of rotatable bonds is 4. The monoisotopic (exact) mass is 376 g/mol. The maximum absolute atomic E-state index is 9.61. The van der Waals surface area contributed by atoms with Crippen molar-refractivity contribution in [2.24, 2.45) is 0 Å². The third-order valence-electron chi connectivity index (χ3n) is 4.71. The number of ether oxygens (including phenoxy) is 1. The Kier molecular flexibility index (Phi) is 4.95. The number of methoxy groups -OCH3 is 1. The molecule has 0 N–H and O–H groups in total. The number of allylic oxidation sites excluding steroid dienone is 1. The number of anilines is 1. The quantitative estimate of drug-likeness (QED) is 0.645. The van der Waals surface area contributed by atoms with E-state index in [0.717, 1.165) is 47.2 Å². The lowest BCUT2D eigenvalue weighted by atomic mass is 10.2. The molecule has 2 heterocycles. The molecule has 0 saturated carbocycles. The molecule has 4 rings (SSSR count). The topological polar surface area (TPSA) is 52.4 Å². The van der Waals surface area contributed by atoms with Crippen LogP contribution in [0, 0.1) is 11.3 Å². The van der Waals surface area contributed by atoms with Crippen LogP contribution < -0.4 is 9.64 Å². The first kappa shape index (κ1) is 17.4. The molecule has 0 aliphatic carbocycles. The molecule has 136 valence electrons. The van der Waals surface area contributed by atoms with E-state index >= 15 is 0 Å². The van der Waals surface area contributed by atoms with Gasteiger partial charge in [0.15, 0.2) is 0 Å². The molecular formula is C21H20N4OS. The predicted octanol–water partition coefficient (Wildman–Crippen LogP) is 3.99. The predicted molar refractivity (Wildman–Crippen MR) is 110 cm³/mol. The molecule has 0 amide bonds. The van der Waals surface area contributed by atoms with Crippen molar-refractivity contribution in [3.05, 3.63) is 59.7 Å². The number of hydrogen-bond donors (Lipinski definition) is 0. The first-order valence-electron chi connectivity index (χ1n) is 8.88. The first-order chi connectivity index (χ1) is 13.3. The highest BCUT2D eigenvalue weighted by Gasteiger charge is 2.17. The minimum absolute atomic E-state index is 0.633. The maximum atomic E-state index is 9.61. The van der Waals surface area contributed by atoms with Crippen molar-refractivity contribution in [1.29, 1.82) is 5.26 Å². The molecular weight excluding hydrogens is 356 g/mol. The lowest BCUT2D eigenvalue weighted by molar-refractivity contribution is 0.350. The minimum atomic E-state index is 0.633. The maximum Gasteiger partial charge on any atom is 0.136 e. The van der Waals surface area contributed by atoms with E-state index in [4.69, 9.17) is 4.74 Å². The molecule has 0 bridgehead atoms. The van der Waals surface area contributed by atoms with Crippen molar-refractivity contribution in [3.63, 3.8) is 0 Å². The fourth-order valence-electron chi connectivity index (χ4n) is 3.20. The number of thiazole rings is 1. The Morgan fingerprint density at radius 3 is 2.52 bits per heavy atom. The van der Waals surface area contributed by atoms with Gasteiger partial charge in [-0.05, 0) is 36.4 Å². The zero-order chi connectivity index (χ0) is 18.6. The average molecular weight is 376 g/mol. The van der Waals surface area contributed by atoms with Gasteiger partial charge in [0.1, 0.15) is 22.4 Å². The molecule has 2 aromatic carbocycles. The smallest absolute Gasteiger partial charge is 0.136 e. The fourth-order valence-corrected chi connectivity index (χ4v) is 4.13. The minimum Gasteiger partial charge on any atom is -0.497 e. The number of benzene rings is 2. The van der Waals surface area contributed by atoms with Crippen molar-refractivity contribution in [2.75, 3.05) is 38.2 Å². The van der Waals surface area contributed by atoms with Gasteiger partial charge in [-0.15, -0.1) is 11.3 Å². The molecule has 0 radical (unpaired) electrons. The van der Waals surface area contributed by atoms with Crippen LogP contribution in [0.2, 0.25) is 0 Å². The summed E-state index contributed by atoms with van der Waals surface area (Å²) in [5, 5.41) is 10.4. The van der Waals surface area contributed by atoms with E-state index in [2.05, 4.69) is 33.0 Å². The third-order valence-corrected chi connectivity index (χ3v) is 5.78.